The Kier molecular flexibility index (Phi) is 4.15. The van der Waals surface area contributed by atoms with Crippen LogP contribution in [-0.2, 0) is 11.2 Å². The van der Waals surface area contributed by atoms with E-state index in [1.54, 1.807) is 11.3 Å². The summed E-state index contributed by atoms with van der Waals surface area (Å²) in [4.78, 5) is 16.6. The second kappa shape index (κ2) is 5.91. The predicted molar refractivity (Wildman–Crippen MR) is 86.7 cm³/mol. The van der Waals surface area contributed by atoms with Gasteiger partial charge in [-0.25, -0.2) is 4.98 Å². The first-order valence-corrected chi connectivity index (χ1v) is 8.38. The zero-order chi connectivity index (χ0) is 14.9. The number of nitrogens with two attached hydrogens (primary N) is 1. The van der Waals surface area contributed by atoms with Crippen LogP contribution in [0.5, 0.6) is 0 Å². The van der Waals surface area contributed by atoms with E-state index >= 15 is 0 Å². The average molecular weight is 324 g/mol. The van der Waals surface area contributed by atoms with Gasteiger partial charge in [0.15, 0.2) is 0 Å². The third-order valence-corrected chi connectivity index (χ3v) is 5.30. The topological polar surface area (TPSA) is 68.0 Å². The van der Waals surface area contributed by atoms with Gasteiger partial charge in [0.2, 0.25) is 5.91 Å². The third-order valence-electron chi connectivity index (χ3n) is 3.97. The molecule has 3 rings (SSSR count). The SMILES string of the molecule is NC1(C(=O)NCCc2nc3cc(Cl)ccc3s2)CCCC1. The molecule has 0 atom stereocenters. The summed E-state index contributed by atoms with van der Waals surface area (Å²) in [5.74, 6) is -0.0239. The van der Waals surface area contributed by atoms with Crippen molar-refractivity contribution in [3.05, 3.63) is 28.2 Å². The number of hydrogen-bond acceptors (Lipinski definition) is 4. The van der Waals surface area contributed by atoms with E-state index in [4.69, 9.17) is 17.3 Å². The highest BCUT2D eigenvalue weighted by atomic mass is 35.5. The number of aromatic nitrogens is 1. The van der Waals surface area contributed by atoms with Crippen molar-refractivity contribution >= 4 is 39.1 Å². The highest BCUT2D eigenvalue weighted by Crippen LogP contribution is 2.27. The van der Waals surface area contributed by atoms with Crippen molar-refractivity contribution < 1.29 is 4.79 Å². The van der Waals surface area contributed by atoms with Crippen molar-refractivity contribution in [3.8, 4) is 0 Å². The van der Waals surface area contributed by atoms with E-state index in [1.807, 2.05) is 18.2 Å². The van der Waals surface area contributed by atoms with Crippen LogP contribution >= 0.6 is 22.9 Å². The number of nitrogens with one attached hydrogen (secondary N) is 1. The molecule has 2 aromatic rings. The van der Waals surface area contributed by atoms with E-state index in [0.717, 1.165) is 47.3 Å². The molecule has 112 valence electrons. The van der Waals surface area contributed by atoms with Gasteiger partial charge in [-0.15, -0.1) is 11.3 Å². The first-order chi connectivity index (χ1) is 10.1. The van der Waals surface area contributed by atoms with E-state index in [9.17, 15) is 4.79 Å². The lowest BCUT2D eigenvalue weighted by Crippen LogP contribution is -2.52. The second-order valence-electron chi connectivity index (χ2n) is 5.59. The first-order valence-electron chi connectivity index (χ1n) is 7.19. The standard InChI is InChI=1S/C15H18ClN3OS/c16-10-3-4-12-11(9-10)19-13(21-12)5-8-18-14(20)15(17)6-1-2-7-15/h3-4,9H,1-2,5-8,17H2,(H,18,20). The Morgan fingerprint density at radius 2 is 2.19 bits per heavy atom. The summed E-state index contributed by atoms with van der Waals surface area (Å²) in [5, 5.41) is 4.64. The van der Waals surface area contributed by atoms with Crippen LogP contribution in [0.2, 0.25) is 5.02 Å². The van der Waals surface area contributed by atoms with Gasteiger partial charge >= 0.3 is 0 Å². The van der Waals surface area contributed by atoms with Gasteiger partial charge in [-0.3, -0.25) is 4.79 Å². The molecule has 3 N–H and O–H groups in total. The van der Waals surface area contributed by atoms with E-state index < -0.39 is 5.54 Å². The smallest absolute Gasteiger partial charge is 0.240 e. The fourth-order valence-corrected chi connectivity index (χ4v) is 3.86. The Morgan fingerprint density at radius 3 is 2.95 bits per heavy atom. The highest BCUT2D eigenvalue weighted by molar-refractivity contribution is 7.18. The fourth-order valence-electron chi connectivity index (χ4n) is 2.75. The Hall–Kier alpha value is -1.17. The van der Waals surface area contributed by atoms with Crippen LogP contribution in [0.3, 0.4) is 0 Å². The number of halogens is 1. The first kappa shape index (κ1) is 14.8. The zero-order valence-corrected chi connectivity index (χ0v) is 13.3. The van der Waals surface area contributed by atoms with Crippen LogP contribution in [0.4, 0.5) is 0 Å². The highest BCUT2D eigenvalue weighted by Gasteiger charge is 2.36. The number of rotatable bonds is 4. The number of carbonyl (C=O) groups is 1. The maximum Gasteiger partial charge on any atom is 0.240 e. The molecule has 0 saturated heterocycles. The molecule has 0 bridgehead atoms. The van der Waals surface area contributed by atoms with E-state index in [1.165, 1.54) is 0 Å². The molecular formula is C15H18ClN3OS. The van der Waals surface area contributed by atoms with E-state index in [0.29, 0.717) is 11.6 Å². The molecule has 1 aromatic carbocycles. The second-order valence-corrected chi connectivity index (χ2v) is 7.14. The van der Waals surface area contributed by atoms with Crippen molar-refractivity contribution in [2.75, 3.05) is 6.54 Å². The molecule has 1 aliphatic rings. The van der Waals surface area contributed by atoms with Crippen molar-refractivity contribution in [2.45, 2.75) is 37.6 Å². The number of fused-ring (bicyclic) bond motifs is 1. The summed E-state index contributed by atoms with van der Waals surface area (Å²) in [6, 6.07) is 5.71. The molecule has 4 nitrogen and oxygen atoms in total. The van der Waals surface area contributed by atoms with Crippen molar-refractivity contribution in [3.63, 3.8) is 0 Å². The van der Waals surface area contributed by atoms with Crippen molar-refractivity contribution in [2.24, 2.45) is 5.73 Å². The summed E-state index contributed by atoms with van der Waals surface area (Å²) >= 11 is 7.59. The normalized spacial score (nSPS) is 17.2. The molecule has 21 heavy (non-hydrogen) atoms. The number of benzene rings is 1. The number of amides is 1. The summed E-state index contributed by atoms with van der Waals surface area (Å²) in [6.45, 7) is 0.575. The van der Waals surface area contributed by atoms with Gasteiger partial charge in [0.1, 0.15) is 0 Å². The largest absolute Gasteiger partial charge is 0.354 e. The monoisotopic (exact) mass is 323 g/mol. The summed E-state index contributed by atoms with van der Waals surface area (Å²) < 4.78 is 1.12. The summed E-state index contributed by atoms with van der Waals surface area (Å²) in [5.41, 5.74) is 6.39. The maximum absolute atomic E-state index is 12.1. The Balaban J connectivity index is 1.58. The van der Waals surface area contributed by atoms with E-state index in [2.05, 4.69) is 10.3 Å². The van der Waals surface area contributed by atoms with Crippen LogP contribution < -0.4 is 11.1 Å². The van der Waals surface area contributed by atoms with Crippen LogP contribution in [0, 0.1) is 0 Å². The number of carbonyl (C=O) groups excluding carboxylic acids is 1. The molecule has 0 spiro atoms. The Morgan fingerprint density at radius 1 is 1.43 bits per heavy atom. The van der Waals surface area contributed by atoms with Crippen LogP contribution in [0.1, 0.15) is 30.7 Å². The van der Waals surface area contributed by atoms with Crippen LogP contribution in [0.15, 0.2) is 18.2 Å². The molecular weight excluding hydrogens is 306 g/mol. The van der Waals surface area contributed by atoms with Crippen molar-refractivity contribution in [1.82, 2.24) is 10.3 Å². The lowest BCUT2D eigenvalue weighted by molar-refractivity contribution is -0.126. The average Bonchev–Trinajstić information content (AvgIpc) is 3.05. The zero-order valence-electron chi connectivity index (χ0n) is 11.7. The van der Waals surface area contributed by atoms with Crippen molar-refractivity contribution in [1.29, 1.82) is 0 Å². The minimum atomic E-state index is -0.652. The Bertz CT molecular complexity index is 664. The van der Waals surface area contributed by atoms with Gasteiger partial charge in [-0.05, 0) is 31.0 Å². The molecule has 0 unspecified atom stereocenters. The molecule has 1 aliphatic carbocycles. The predicted octanol–water partition coefficient (Wildman–Crippen LogP) is 2.88. The minimum absolute atomic E-state index is 0.0239. The van der Waals surface area contributed by atoms with Gasteiger partial charge in [0.25, 0.3) is 0 Å². The minimum Gasteiger partial charge on any atom is -0.354 e. The molecule has 0 radical (unpaired) electrons. The molecule has 1 fully saturated rings. The molecule has 1 amide bonds. The summed E-state index contributed by atoms with van der Waals surface area (Å²) in [7, 11) is 0. The number of hydrogen-bond donors (Lipinski definition) is 2. The lowest BCUT2D eigenvalue weighted by atomic mass is 9.98. The van der Waals surface area contributed by atoms with Crippen LogP contribution in [-0.4, -0.2) is 23.0 Å². The van der Waals surface area contributed by atoms with Gasteiger partial charge < -0.3 is 11.1 Å². The number of nitrogens with zero attached hydrogens (tertiary/aromatic N) is 1. The quantitative estimate of drug-likeness (QED) is 0.909. The molecule has 1 aromatic heterocycles. The fraction of sp³-hybridized carbons (Fsp3) is 0.467. The maximum atomic E-state index is 12.1. The van der Waals surface area contributed by atoms with Gasteiger partial charge in [-0.2, -0.15) is 0 Å². The summed E-state index contributed by atoms with van der Waals surface area (Å²) in [6.07, 6.45) is 4.39. The van der Waals surface area contributed by atoms with Gasteiger partial charge in [-0.1, -0.05) is 24.4 Å². The molecule has 6 heteroatoms. The molecule has 1 heterocycles. The third kappa shape index (κ3) is 3.20. The number of thiazole rings is 1. The van der Waals surface area contributed by atoms with Gasteiger partial charge in [0, 0.05) is 18.0 Å². The molecule has 0 aliphatic heterocycles. The van der Waals surface area contributed by atoms with Crippen LogP contribution in [0.25, 0.3) is 10.2 Å². The van der Waals surface area contributed by atoms with Gasteiger partial charge in [0.05, 0.1) is 20.8 Å². The Labute approximate surface area is 132 Å². The lowest BCUT2D eigenvalue weighted by Gasteiger charge is -2.21. The van der Waals surface area contributed by atoms with E-state index in [-0.39, 0.29) is 5.91 Å². The molecule has 1 saturated carbocycles.